The number of rotatable bonds is 3. The van der Waals surface area contributed by atoms with E-state index in [9.17, 15) is 0 Å². The SMILES string of the molecule is c1ccc(-n2c3ccccc3c3cc(-c4[nH][nH]c(-n5c6ccccc6c6cc7ccccc7cc65)c5[nH]cc[nH]c4-5)ccc32)cc1. The van der Waals surface area contributed by atoms with E-state index >= 15 is 0 Å². The van der Waals surface area contributed by atoms with Crippen LogP contribution in [0, 0.1) is 0 Å². The Bertz CT molecular complexity index is 2760. The summed E-state index contributed by atoms with van der Waals surface area (Å²) in [5, 5.41) is 14.5. The molecule has 6 aromatic carbocycles. The zero-order valence-corrected chi connectivity index (χ0v) is 24.8. The number of nitrogens with zero attached hydrogens (tertiary/aromatic N) is 2. The Hall–Kier alpha value is -6.40. The van der Waals surface area contributed by atoms with Crippen LogP contribution in [0.15, 0.2) is 146 Å². The fourth-order valence-electron chi connectivity index (χ4n) is 7.29. The van der Waals surface area contributed by atoms with E-state index in [1.165, 1.54) is 43.4 Å². The molecule has 0 saturated carbocycles. The maximum Gasteiger partial charge on any atom is 0.156 e. The van der Waals surface area contributed by atoms with Gasteiger partial charge in [-0.1, -0.05) is 84.9 Å². The lowest BCUT2D eigenvalue weighted by Gasteiger charge is -2.19. The van der Waals surface area contributed by atoms with Crippen LogP contribution in [0.3, 0.4) is 0 Å². The molecule has 2 aromatic heterocycles. The third-order valence-electron chi connectivity index (χ3n) is 9.32. The van der Waals surface area contributed by atoms with Crippen LogP contribution in [0.5, 0.6) is 0 Å². The van der Waals surface area contributed by atoms with Crippen LogP contribution < -0.4 is 0 Å². The van der Waals surface area contributed by atoms with Crippen molar-refractivity contribution >= 4 is 54.4 Å². The predicted molar refractivity (Wildman–Crippen MR) is 190 cm³/mol. The summed E-state index contributed by atoms with van der Waals surface area (Å²) in [6.45, 7) is 0. The number of fused-ring (bicyclic) bond motifs is 8. The molecule has 0 fully saturated rings. The van der Waals surface area contributed by atoms with Gasteiger partial charge in [-0.3, -0.25) is 14.8 Å². The van der Waals surface area contributed by atoms with Gasteiger partial charge in [0.05, 0.1) is 33.5 Å². The highest BCUT2D eigenvalue weighted by atomic mass is 15.2. The molecule has 10 rings (SSSR count). The lowest BCUT2D eigenvalue weighted by atomic mass is 10.0. The minimum atomic E-state index is 0.929. The standard InChI is InChI=1S/C40H28N6/c1-2-12-28(13-3-1)45-33-16-8-6-14-29(33)31-23-27(18-19-35(31)45)37-38-39(42-21-20-41-38)40(44-43-37)46-34-17-9-7-15-30(34)32-22-25-10-4-5-11-26(25)24-36(32)46/h1-24,41-44H. The summed E-state index contributed by atoms with van der Waals surface area (Å²) in [7, 11) is 0. The lowest BCUT2D eigenvalue weighted by Crippen LogP contribution is -2.08. The first-order valence-electron chi connectivity index (χ1n) is 15.5. The van der Waals surface area contributed by atoms with E-state index in [1.54, 1.807) is 0 Å². The number of nitrogens with one attached hydrogen (secondary N) is 4. The Morgan fingerprint density at radius 2 is 1.00 bits per heavy atom. The van der Waals surface area contributed by atoms with Crippen molar-refractivity contribution in [1.82, 2.24) is 29.3 Å². The molecule has 8 aromatic rings. The minimum Gasteiger partial charge on any atom is -0.357 e. The molecule has 4 N–H and O–H groups in total. The molecular weight excluding hydrogens is 564 g/mol. The zero-order valence-electron chi connectivity index (χ0n) is 24.8. The van der Waals surface area contributed by atoms with Crippen molar-refractivity contribution in [1.29, 1.82) is 0 Å². The van der Waals surface area contributed by atoms with Crippen LogP contribution in [-0.4, -0.2) is 29.3 Å². The summed E-state index contributed by atoms with van der Waals surface area (Å²) >= 11 is 0. The predicted octanol–water partition coefficient (Wildman–Crippen LogP) is 10.2. The number of aromatic nitrogens is 6. The van der Waals surface area contributed by atoms with E-state index in [1.807, 2.05) is 12.4 Å². The summed E-state index contributed by atoms with van der Waals surface area (Å²) in [4.78, 5) is 7.13. The Kier molecular flexibility index (Phi) is 5.19. The van der Waals surface area contributed by atoms with Crippen molar-refractivity contribution in [2.45, 2.75) is 0 Å². The van der Waals surface area contributed by atoms with Crippen LogP contribution >= 0.6 is 0 Å². The highest BCUT2D eigenvalue weighted by Gasteiger charge is 2.22. The first kappa shape index (κ1) is 25.0. The molecule has 2 aliphatic heterocycles. The second-order valence-electron chi connectivity index (χ2n) is 11.8. The van der Waals surface area contributed by atoms with Crippen molar-refractivity contribution in [3.63, 3.8) is 0 Å². The molecule has 0 spiro atoms. The third kappa shape index (κ3) is 3.52. The van der Waals surface area contributed by atoms with Crippen LogP contribution in [0.1, 0.15) is 0 Å². The fraction of sp³-hybridized carbons (Fsp3) is 0. The van der Waals surface area contributed by atoms with Gasteiger partial charge in [0.15, 0.2) is 5.82 Å². The third-order valence-corrected chi connectivity index (χ3v) is 9.32. The monoisotopic (exact) mass is 592 g/mol. The number of benzene rings is 6. The Balaban J connectivity index is 1.22. The number of hydrogen-bond donors (Lipinski definition) is 4. The number of para-hydroxylation sites is 3. The second-order valence-corrected chi connectivity index (χ2v) is 11.8. The van der Waals surface area contributed by atoms with Gasteiger partial charge >= 0.3 is 0 Å². The summed E-state index contributed by atoms with van der Waals surface area (Å²) < 4.78 is 4.66. The number of H-pyrrole nitrogens is 4. The molecule has 6 heteroatoms. The molecule has 218 valence electrons. The average Bonchev–Trinajstić information content (AvgIpc) is 3.62. The highest BCUT2D eigenvalue weighted by molar-refractivity contribution is 6.14. The largest absolute Gasteiger partial charge is 0.357 e. The Morgan fingerprint density at radius 1 is 0.391 bits per heavy atom. The summed E-state index contributed by atoms with van der Waals surface area (Å²) in [5.74, 6) is 0.929. The molecule has 4 heterocycles. The maximum atomic E-state index is 3.61. The van der Waals surface area contributed by atoms with Crippen LogP contribution in [-0.2, 0) is 0 Å². The van der Waals surface area contributed by atoms with Gasteiger partial charge in [0, 0.05) is 45.2 Å². The van der Waals surface area contributed by atoms with Gasteiger partial charge in [-0.15, -0.1) is 0 Å². The van der Waals surface area contributed by atoms with Gasteiger partial charge < -0.3 is 14.5 Å². The highest BCUT2D eigenvalue weighted by Crippen LogP contribution is 2.40. The van der Waals surface area contributed by atoms with Gasteiger partial charge in [-0.25, -0.2) is 0 Å². The lowest BCUT2D eigenvalue weighted by molar-refractivity contribution is 0.935. The fourth-order valence-corrected chi connectivity index (χ4v) is 7.29. The van der Waals surface area contributed by atoms with Crippen LogP contribution in [0.25, 0.3) is 88.5 Å². The average molecular weight is 593 g/mol. The molecule has 46 heavy (non-hydrogen) atoms. The van der Waals surface area contributed by atoms with E-state index in [4.69, 9.17) is 0 Å². The molecule has 0 aliphatic carbocycles. The van der Waals surface area contributed by atoms with Crippen molar-refractivity contribution in [2.24, 2.45) is 0 Å². The van der Waals surface area contributed by atoms with Crippen molar-refractivity contribution in [3.8, 4) is 34.2 Å². The molecule has 2 aliphatic rings. The smallest absolute Gasteiger partial charge is 0.156 e. The number of aromatic amines is 4. The minimum absolute atomic E-state index is 0.929. The second kappa shape index (κ2) is 9.55. The first-order chi connectivity index (χ1) is 22.8. The van der Waals surface area contributed by atoms with E-state index in [0.29, 0.717) is 0 Å². The topological polar surface area (TPSA) is 73.0 Å². The van der Waals surface area contributed by atoms with Crippen LogP contribution in [0.2, 0.25) is 0 Å². The van der Waals surface area contributed by atoms with E-state index in [0.717, 1.165) is 45.2 Å². The first-order valence-corrected chi connectivity index (χ1v) is 15.5. The van der Waals surface area contributed by atoms with Gasteiger partial charge in [0.1, 0.15) is 5.69 Å². The molecule has 0 unspecified atom stereocenters. The summed E-state index contributed by atoms with van der Waals surface area (Å²) in [6, 6.07) is 47.7. The molecular formula is C40H28N6. The quantitative estimate of drug-likeness (QED) is 0.158. The van der Waals surface area contributed by atoms with Gasteiger partial charge in [-0.2, -0.15) is 0 Å². The normalized spacial score (nSPS) is 11.9. The van der Waals surface area contributed by atoms with Gasteiger partial charge in [-0.05, 0) is 59.3 Å². The van der Waals surface area contributed by atoms with Gasteiger partial charge in [0.25, 0.3) is 0 Å². The Labute approximate surface area is 263 Å². The van der Waals surface area contributed by atoms with Crippen molar-refractivity contribution in [2.75, 3.05) is 0 Å². The molecule has 0 saturated heterocycles. The van der Waals surface area contributed by atoms with E-state index in [-0.39, 0.29) is 0 Å². The maximum absolute atomic E-state index is 3.61. The van der Waals surface area contributed by atoms with E-state index in [2.05, 4.69) is 163 Å². The van der Waals surface area contributed by atoms with Crippen molar-refractivity contribution in [3.05, 3.63) is 146 Å². The molecule has 0 radical (unpaired) electrons. The summed E-state index contributed by atoms with van der Waals surface area (Å²) in [5.41, 5.74) is 9.81. The Morgan fingerprint density at radius 3 is 1.78 bits per heavy atom. The van der Waals surface area contributed by atoms with Crippen molar-refractivity contribution < 1.29 is 0 Å². The summed E-state index contributed by atoms with van der Waals surface area (Å²) in [6.07, 6.45) is 3.89. The van der Waals surface area contributed by atoms with Crippen LogP contribution in [0.4, 0.5) is 0 Å². The van der Waals surface area contributed by atoms with E-state index < -0.39 is 0 Å². The molecule has 0 atom stereocenters. The molecule has 0 bridgehead atoms. The number of hydrogen-bond acceptors (Lipinski definition) is 0. The van der Waals surface area contributed by atoms with Gasteiger partial charge in [0.2, 0.25) is 0 Å². The molecule has 0 amide bonds. The molecule has 6 nitrogen and oxygen atoms in total. The zero-order chi connectivity index (χ0) is 30.2.